The van der Waals surface area contributed by atoms with E-state index < -0.39 is 36.0 Å². The number of hydrogen-bond acceptors (Lipinski definition) is 9. The third kappa shape index (κ3) is 15.5. The topological polar surface area (TPSA) is 129 Å². The standard InChI is InChI=1S/C49H85N5O7/c1-17-34(6)45(52(13)48(59)38(32(2)3)30-41(56)44(33(4)5)53(14)49(8,9)10)42(60-15)31-43(57)54-26-21-24-39(54)46(61-16)35(7)40(55)29-37(28-36-22-19-18-20-23-36)47(58)50-25-27-51(11)12/h18-20,22-23,32-35,37-39,42,44-46H,17,21,24-31H2,1-16H3,(H,50,58)/t34-,35-,37+,38-,39-,42+,44-,45-,46+/m0/s1. The molecule has 0 unspecified atom stereocenters. The maximum atomic E-state index is 14.6. The van der Waals surface area contributed by atoms with Gasteiger partial charge in [0, 0.05) is 77.0 Å². The van der Waals surface area contributed by atoms with E-state index in [2.05, 4.69) is 58.7 Å². The molecular formula is C49H85N5O7. The van der Waals surface area contributed by atoms with E-state index in [0.29, 0.717) is 32.5 Å². The van der Waals surface area contributed by atoms with Gasteiger partial charge in [-0.1, -0.05) is 85.2 Å². The van der Waals surface area contributed by atoms with Crippen molar-refractivity contribution in [2.45, 2.75) is 150 Å². The molecule has 0 saturated carbocycles. The molecule has 348 valence electrons. The van der Waals surface area contributed by atoms with Gasteiger partial charge in [0.2, 0.25) is 17.7 Å². The molecule has 3 amide bonds. The van der Waals surface area contributed by atoms with Gasteiger partial charge in [-0.15, -0.1) is 0 Å². The van der Waals surface area contributed by atoms with Gasteiger partial charge in [0.25, 0.3) is 0 Å². The van der Waals surface area contributed by atoms with Crippen molar-refractivity contribution in [3.63, 3.8) is 0 Å². The van der Waals surface area contributed by atoms with Gasteiger partial charge in [0.1, 0.15) is 5.78 Å². The number of methoxy groups -OCH3 is 2. The number of ketones is 2. The van der Waals surface area contributed by atoms with Crippen LogP contribution in [0.5, 0.6) is 0 Å². The van der Waals surface area contributed by atoms with Crippen molar-refractivity contribution >= 4 is 29.3 Å². The SMILES string of the molecule is CC[C@H](C)[C@@H]([C@@H](CC(=O)N1CCC[C@H]1[C@H](OC)[C@@H](C)C(=O)C[C@@H](Cc1ccccc1)C(=O)NCCN(C)C)OC)N(C)C(=O)[C@@H](CC(=O)[C@H](C(C)C)N(C)C(C)(C)C)C(C)C. The number of nitrogens with one attached hydrogen (secondary N) is 1. The Morgan fingerprint density at radius 3 is 1.98 bits per heavy atom. The van der Waals surface area contributed by atoms with Crippen LogP contribution in [0.3, 0.4) is 0 Å². The first-order chi connectivity index (χ1) is 28.5. The van der Waals surface area contributed by atoms with Crippen LogP contribution in [0.15, 0.2) is 30.3 Å². The number of hydrogen-bond donors (Lipinski definition) is 1. The summed E-state index contributed by atoms with van der Waals surface area (Å²) in [5, 5.41) is 3.03. The fourth-order valence-electron chi connectivity index (χ4n) is 9.13. The summed E-state index contributed by atoms with van der Waals surface area (Å²) in [6, 6.07) is 8.65. The second-order valence-electron chi connectivity index (χ2n) is 19.7. The lowest BCUT2D eigenvalue weighted by Gasteiger charge is -2.42. The molecule has 1 saturated heterocycles. The second-order valence-corrected chi connectivity index (χ2v) is 19.7. The average molecular weight is 856 g/mol. The van der Waals surface area contributed by atoms with Gasteiger partial charge in [0.05, 0.1) is 36.8 Å². The highest BCUT2D eigenvalue weighted by Crippen LogP contribution is 2.32. The summed E-state index contributed by atoms with van der Waals surface area (Å²) in [7, 11) is 10.8. The van der Waals surface area contributed by atoms with Crippen LogP contribution in [0.2, 0.25) is 0 Å². The van der Waals surface area contributed by atoms with Gasteiger partial charge in [-0.3, -0.25) is 28.9 Å². The fraction of sp³-hybridized carbons (Fsp3) is 0.776. The third-order valence-corrected chi connectivity index (χ3v) is 13.3. The molecular weight excluding hydrogens is 771 g/mol. The highest BCUT2D eigenvalue weighted by Gasteiger charge is 2.44. The summed E-state index contributed by atoms with van der Waals surface area (Å²) in [4.78, 5) is 78.3. The molecule has 0 radical (unpaired) electrons. The number of likely N-dealkylation sites (tertiary alicyclic amines) is 1. The van der Waals surface area contributed by atoms with Crippen molar-refractivity contribution < 1.29 is 33.4 Å². The zero-order chi connectivity index (χ0) is 46.4. The van der Waals surface area contributed by atoms with Crippen LogP contribution in [0.25, 0.3) is 0 Å². The predicted octanol–water partition coefficient (Wildman–Crippen LogP) is 6.39. The van der Waals surface area contributed by atoms with Crippen molar-refractivity contribution in [3.05, 3.63) is 35.9 Å². The molecule has 9 atom stereocenters. The van der Waals surface area contributed by atoms with Crippen molar-refractivity contribution in [2.75, 3.05) is 62.0 Å². The van der Waals surface area contributed by atoms with E-state index in [9.17, 15) is 24.0 Å². The smallest absolute Gasteiger partial charge is 0.226 e. The quantitative estimate of drug-likeness (QED) is 0.113. The Kier molecular flexibility index (Phi) is 22.3. The van der Waals surface area contributed by atoms with Gasteiger partial charge in [0.15, 0.2) is 5.78 Å². The Morgan fingerprint density at radius 1 is 0.852 bits per heavy atom. The molecule has 12 heteroatoms. The molecule has 1 fully saturated rings. The lowest BCUT2D eigenvalue weighted by atomic mass is 9.83. The molecule has 1 aromatic carbocycles. The number of ether oxygens (including phenoxy) is 2. The molecule has 61 heavy (non-hydrogen) atoms. The van der Waals surface area contributed by atoms with Crippen molar-refractivity contribution in [3.8, 4) is 0 Å². The van der Waals surface area contributed by atoms with Crippen LogP contribution in [0, 0.1) is 35.5 Å². The maximum absolute atomic E-state index is 14.6. The molecule has 12 nitrogen and oxygen atoms in total. The van der Waals surface area contributed by atoms with Gasteiger partial charge >= 0.3 is 0 Å². The Balaban J connectivity index is 2.32. The molecule has 1 heterocycles. The van der Waals surface area contributed by atoms with Crippen LogP contribution in [0.1, 0.15) is 113 Å². The molecule has 1 aromatic rings. The monoisotopic (exact) mass is 856 g/mol. The van der Waals surface area contributed by atoms with Crippen LogP contribution in [-0.2, 0) is 39.9 Å². The van der Waals surface area contributed by atoms with Gasteiger partial charge < -0.3 is 29.5 Å². The average Bonchev–Trinajstić information content (AvgIpc) is 3.68. The van der Waals surface area contributed by atoms with E-state index in [0.717, 1.165) is 18.4 Å². The summed E-state index contributed by atoms with van der Waals surface area (Å²) >= 11 is 0. The summed E-state index contributed by atoms with van der Waals surface area (Å²) in [5.74, 6) is -2.08. The Labute approximate surface area is 370 Å². The number of likely N-dealkylation sites (N-methyl/N-ethyl adjacent to an activating group) is 3. The van der Waals surface area contributed by atoms with Crippen LogP contribution < -0.4 is 5.32 Å². The normalized spacial score (nSPS) is 18.8. The van der Waals surface area contributed by atoms with Crippen LogP contribution >= 0.6 is 0 Å². The lowest BCUT2D eigenvalue weighted by Crippen LogP contribution is -2.55. The Hall–Kier alpha value is -3.19. The van der Waals surface area contributed by atoms with Crippen molar-refractivity contribution in [1.29, 1.82) is 0 Å². The van der Waals surface area contributed by atoms with E-state index in [1.807, 2.05) is 82.0 Å². The maximum Gasteiger partial charge on any atom is 0.226 e. The largest absolute Gasteiger partial charge is 0.379 e. The molecule has 0 spiro atoms. The van der Waals surface area contributed by atoms with Gasteiger partial charge in [-0.25, -0.2) is 0 Å². The van der Waals surface area contributed by atoms with Gasteiger partial charge in [-0.05, 0) is 84.5 Å². The van der Waals surface area contributed by atoms with Crippen LogP contribution in [0.4, 0.5) is 0 Å². The zero-order valence-electron chi connectivity index (χ0n) is 41.0. The van der Waals surface area contributed by atoms with Crippen molar-refractivity contribution in [2.24, 2.45) is 35.5 Å². The fourth-order valence-corrected chi connectivity index (χ4v) is 9.13. The molecule has 0 bridgehead atoms. The molecule has 0 aliphatic carbocycles. The predicted molar refractivity (Wildman–Crippen MR) is 245 cm³/mol. The third-order valence-electron chi connectivity index (χ3n) is 13.3. The number of carbonyl (C=O) groups excluding carboxylic acids is 5. The van der Waals surface area contributed by atoms with Crippen molar-refractivity contribution in [1.82, 2.24) is 24.9 Å². The Bertz CT molecular complexity index is 1530. The first-order valence-electron chi connectivity index (χ1n) is 22.9. The summed E-state index contributed by atoms with van der Waals surface area (Å²) in [5.41, 5.74) is 0.762. The lowest BCUT2D eigenvalue weighted by molar-refractivity contribution is -0.149. The van der Waals surface area contributed by atoms with E-state index >= 15 is 0 Å². The molecule has 1 aliphatic rings. The van der Waals surface area contributed by atoms with E-state index in [1.165, 1.54) is 0 Å². The minimum absolute atomic E-state index is 0.00620. The first-order valence-corrected chi connectivity index (χ1v) is 22.9. The molecule has 1 N–H and O–H groups in total. The highest BCUT2D eigenvalue weighted by atomic mass is 16.5. The number of amides is 3. The van der Waals surface area contributed by atoms with E-state index in [4.69, 9.17) is 9.47 Å². The first kappa shape index (κ1) is 53.9. The van der Waals surface area contributed by atoms with E-state index in [-0.39, 0.29) is 83.9 Å². The highest BCUT2D eigenvalue weighted by molar-refractivity contribution is 5.90. The molecule has 0 aromatic heterocycles. The van der Waals surface area contributed by atoms with E-state index in [1.54, 1.807) is 26.2 Å². The summed E-state index contributed by atoms with van der Waals surface area (Å²) in [6.07, 6.45) is 1.68. The minimum atomic E-state index is -0.610. The number of Topliss-reactive ketones (excluding diaryl/α,β-unsaturated/α-hetero) is 2. The van der Waals surface area contributed by atoms with Gasteiger partial charge in [-0.2, -0.15) is 0 Å². The zero-order valence-corrected chi connectivity index (χ0v) is 41.0. The number of nitrogens with zero attached hydrogens (tertiary/aromatic N) is 4. The van der Waals surface area contributed by atoms with Crippen LogP contribution in [-0.4, -0.2) is 147 Å². The molecule has 2 rings (SSSR count). The summed E-state index contributed by atoms with van der Waals surface area (Å²) < 4.78 is 12.2. The second kappa shape index (κ2) is 25.2. The Morgan fingerprint density at radius 2 is 1.48 bits per heavy atom. The minimum Gasteiger partial charge on any atom is -0.379 e. The number of rotatable bonds is 26. The molecule has 1 aliphatic heterocycles. The number of carbonyl (C=O) groups is 5. The number of benzene rings is 1. The summed E-state index contributed by atoms with van der Waals surface area (Å²) in [6.45, 7) is 22.1.